The lowest BCUT2D eigenvalue weighted by Gasteiger charge is -2.17. The van der Waals surface area contributed by atoms with Gasteiger partial charge in [0.25, 0.3) is 0 Å². The van der Waals surface area contributed by atoms with Crippen LogP contribution in [-0.2, 0) is 16.0 Å². The Labute approximate surface area is 162 Å². The summed E-state index contributed by atoms with van der Waals surface area (Å²) >= 11 is 1.48. The summed E-state index contributed by atoms with van der Waals surface area (Å²) in [6.07, 6.45) is 2.71. The van der Waals surface area contributed by atoms with Crippen molar-refractivity contribution in [3.63, 3.8) is 0 Å². The van der Waals surface area contributed by atoms with E-state index in [0.29, 0.717) is 12.1 Å². The molecule has 0 saturated carbocycles. The first kappa shape index (κ1) is 20.8. The lowest BCUT2D eigenvalue weighted by Crippen LogP contribution is -2.35. The number of carbonyl (C=O) groups excluding carboxylic acids is 2. The number of nitrogens with one attached hydrogen (secondary N) is 1. The molecule has 1 aromatic heterocycles. The van der Waals surface area contributed by atoms with Crippen LogP contribution in [0.1, 0.15) is 23.4 Å². The van der Waals surface area contributed by atoms with Gasteiger partial charge in [-0.05, 0) is 56.4 Å². The van der Waals surface area contributed by atoms with Crippen LogP contribution in [0, 0.1) is 19.7 Å². The number of likely N-dealkylation sites (N-methyl/N-ethyl adjacent to an activating group) is 1. The van der Waals surface area contributed by atoms with Gasteiger partial charge >= 0.3 is 0 Å². The number of nitrogens with zero attached hydrogens (tertiary/aromatic N) is 3. The average molecular weight is 390 g/mol. The summed E-state index contributed by atoms with van der Waals surface area (Å²) in [4.78, 5) is 34.6. The largest absolute Gasteiger partial charge is 0.336 e. The molecule has 0 bridgehead atoms. The predicted octanol–water partition coefficient (Wildman–Crippen LogP) is 2.98. The molecule has 0 saturated heterocycles. The van der Waals surface area contributed by atoms with Gasteiger partial charge in [0.1, 0.15) is 5.82 Å². The highest BCUT2D eigenvalue weighted by Gasteiger charge is 2.15. The van der Waals surface area contributed by atoms with E-state index in [1.54, 1.807) is 7.05 Å². The summed E-state index contributed by atoms with van der Waals surface area (Å²) < 4.78 is 12.9. The van der Waals surface area contributed by atoms with E-state index in [1.807, 2.05) is 20.1 Å². The molecular formula is C19H23FN4O2S. The molecule has 0 radical (unpaired) electrons. The van der Waals surface area contributed by atoms with Gasteiger partial charge in [-0.2, -0.15) is 0 Å². The number of thioether (sulfide) groups is 1. The maximum atomic E-state index is 12.9. The van der Waals surface area contributed by atoms with Crippen molar-refractivity contribution in [2.24, 2.45) is 0 Å². The standard InChI is InChI=1S/C19H23FN4O2S/c1-12-16(13(2)22-19(21-12)27-4)9-10-18(26)24(3)11-17(25)23-15-7-5-14(20)6-8-15/h5-8H,9-11H2,1-4H3,(H,23,25). The Morgan fingerprint density at radius 3 is 2.30 bits per heavy atom. The molecule has 0 fully saturated rings. The van der Waals surface area contributed by atoms with Crippen molar-refractivity contribution in [3.8, 4) is 0 Å². The number of hydrogen-bond donors (Lipinski definition) is 1. The number of rotatable bonds is 7. The van der Waals surface area contributed by atoms with Gasteiger partial charge in [0.15, 0.2) is 5.16 Å². The second kappa shape index (κ2) is 9.45. The molecule has 0 aliphatic carbocycles. The summed E-state index contributed by atoms with van der Waals surface area (Å²) in [6, 6.07) is 5.47. The molecule has 1 N–H and O–H groups in total. The summed E-state index contributed by atoms with van der Waals surface area (Å²) in [6.45, 7) is 3.75. The molecule has 1 aromatic carbocycles. The molecule has 2 amide bonds. The van der Waals surface area contributed by atoms with E-state index >= 15 is 0 Å². The van der Waals surface area contributed by atoms with E-state index in [2.05, 4.69) is 15.3 Å². The first-order valence-corrected chi connectivity index (χ1v) is 9.70. The van der Waals surface area contributed by atoms with Gasteiger partial charge in [0.2, 0.25) is 11.8 Å². The number of hydrogen-bond acceptors (Lipinski definition) is 5. The molecule has 2 rings (SSSR count). The maximum absolute atomic E-state index is 12.9. The molecular weight excluding hydrogens is 367 g/mol. The van der Waals surface area contributed by atoms with Crippen LogP contribution in [0.25, 0.3) is 0 Å². The molecule has 144 valence electrons. The molecule has 2 aromatic rings. The summed E-state index contributed by atoms with van der Waals surface area (Å²) in [5.41, 5.74) is 3.19. The van der Waals surface area contributed by atoms with Crippen LogP contribution in [0.15, 0.2) is 29.4 Å². The van der Waals surface area contributed by atoms with Crippen molar-refractivity contribution < 1.29 is 14.0 Å². The zero-order chi connectivity index (χ0) is 20.0. The number of halogens is 1. The Kier molecular flexibility index (Phi) is 7.29. The Hall–Kier alpha value is -2.48. The van der Waals surface area contributed by atoms with E-state index in [9.17, 15) is 14.0 Å². The Balaban J connectivity index is 1.88. The summed E-state index contributed by atoms with van der Waals surface area (Å²) in [5, 5.41) is 3.36. The highest BCUT2D eigenvalue weighted by molar-refractivity contribution is 7.98. The first-order valence-electron chi connectivity index (χ1n) is 8.47. The van der Waals surface area contributed by atoms with Crippen LogP contribution in [-0.4, -0.2) is 46.5 Å². The Morgan fingerprint density at radius 2 is 1.74 bits per heavy atom. The van der Waals surface area contributed by atoms with Gasteiger partial charge < -0.3 is 10.2 Å². The lowest BCUT2D eigenvalue weighted by atomic mass is 10.1. The predicted molar refractivity (Wildman–Crippen MR) is 104 cm³/mol. The van der Waals surface area contributed by atoms with Crippen molar-refractivity contribution in [3.05, 3.63) is 47.0 Å². The molecule has 0 aliphatic rings. The fourth-order valence-electron chi connectivity index (χ4n) is 2.62. The van der Waals surface area contributed by atoms with Crippen LogP contribution in [0.5, 0.6) is 0 Å². The van der Waals surface area contributed by atoms with Gasteiger partial charge in [-0.15, -0.1) is 0 Å². The van der Waals surface area contributed by atoms with Gasteiger partial charge in [-0.3, -0.25) is 9.59 Å². The van der Waals surface area contributed by atoms with Gasteiger partial charge in [0.05, 0.1) is 6.54 Å². The van der Waals surface area contributed by atoms with Gasteiger partial charge in [-0.1, -0.05) is 11.8 Å². The zero-order valence-corrected chi connectivity index (χ0v) is 16.7. The van der Waals surface area contributed by atoms with Crippen molar-refractivity contribution in [2.75, 3.05) is 25.2 Å². The molecule has 0 unspecified atom stereocenters. The van der Waals surface area contributed by atoms with Crippen molar-refractivity contribution in [2.45, 2.75) is 31.8 Å². The zero-order valence-electron chi connectivity index (χ0n) is 15.9. The van der Waals surface area contributed by atoms with E-state index in [0.717, 1.165) is 22.1 Å². The van der Waals surface area contributed by atoms with Crippen molar-refractivity contribution in [1.82, 2.24) is 14.9 Å². The Morgan fingerprint density at radius 1 is 1.15 bits per heavy atom. The second-order valence-corrected chi connectivity index (χ2v) is 6.94. The molecule has 8 heteroatoms. The van der Waals surface area contributed by atoms with Crippen LogP contribution in [0.4, 0.5) is 10.1 Å². The van der Waals surface area contributed by atoms with E-state index < -0.39 is 0 Å². The van der Waals surface area contributed by atoms with Gasteiger partial charge in [-0.25, -0.2) is 14.4 Å². The number of benzene rings is 1. The molecule has 6 nitrogen and oxygen atoms in total. The Bertz CT molecular complexity index is 804. The number of carbonyl (C=O) groups is 2. The number of anilines is 1. The minimum absolute atomic E-state index is 0.0733. The lowest BCUT2D eigenvalue weighted by molar-refractivity contribution is -0.133. The summed E-state index contributed by atoms with van der Waals surface area (Å²) in [7, 11) is 1.58. The van der Waals surface area contributed by atoms with Crippen LogP contribution >= 0.6 is 11.8 Å². The topological polar surface area (TPSA) is 75.2 Å². The molecule has 0 atom stereocenters. The maximum Gasteiger partial charge on any atom is 0.243 e. The van der Waals surface area contributed by atoms with E-state index in [4.69, 9.17) is 0 Å². The molecule has 1 heterocycles. The van der Waals surface area contributed by atoms with Crippen LogP contribution in [0.3, 0.4) is 0 Å². The molecule has 0 aliphatic heterocycles. The second-order valence-electron chi connectivity index (χ2n) is 6.16. The SMILES string of the molecule is CSc1nc(C)c(CCC(=O)N(C)CC(=O)Nc2ccc(F)cc2)c(C)n1. The first-order chi connectivity index (χ1) is 12.8. The third-order valence-corrected chi connectivity index (χ3v) is 4.65. The van der Waals surface area contributed by atoms with Crippen LogP contribution in [0.2, 0.25) is 0 Å². The minimum Gasteiger partial charge on any atom is -0.336 e. The van der Waals surface area contributed by atoms with E-state index in [-0.39, 0.29) is 30.6 Å². The number of aromatic nitrogens is 2. The third kappa shape index (κ3) is 6.02. The molecule has 27 heavy (non-hydrogen) atoms. The van der Waals surface area contributed by atoms with Crippen LogP contribution < -0.4 is 5.32 Å². The van der Waals surface area contributed by atoms with Crippen molar-refractivity contribution >= 4 is 29.3 Å². The fraction of sp³-hybridized carbons (Fsp3) is 0.368. The monoisotopic (exact) mass is 390 g/mol. The normalized spacial score (nSPS) is 10.6. The fourth-order valence-corrected chi connectivity index (χ4v) is 3.08. The summed E-state index contributed by atoms with van der Waals surface area (Å²) in [5.74, 6) is -0.852. The quantitative estimate of drug-likeness (QED) is 0.581. The third-order valence-electron chi connectivity index (χ3n) is 4.11. The smallest absolute Gasteiger partial charge is 0.243 e. The minimum atomic E-state index is -0.375. The highest BCUT2D eigenvalue weighted by Crippen LogP contribution is 2.17. The van der Waals surface area contributed by atoms with E-state index in [1.165, 1.54) is 40.9 Å². The average Bonchev–Trinajstić information content (AvgIpc) is 2.62. The van der Waals surface area contributed by atoms with Crippen molar-refractivity contribution in [1.29, 1.82) is 0 Å². The molecule has 0 spiro atoms. The highest BCUT2D eigenvalue weighted by atomic mass is 32.2. The number of aryl methyl sites for hydroxylation is 2. The number of amides is 2. The van der Waals surface area contributed by atoms with Gasteiger partial charge in [0, 0.05) is 30.5 Å².